The molecule has 0 unspecified atom stereocenters. The molecule has 0 fully saturated rings. The van der Waals surface area contributed by atoms with Crippen molar-refractivity contribution in [2.75, 3.05) is 6.61 Å². The lowest BCUT2D eigenvalue weighted by atomic mass is 9.98. The van der Waals surface area contributed by atoms with Crippen LogP contribution in [-0.2, 0) is 49.7 Å². The molecule has 8 rings (SSSR count). The Morgan fingerprint density at radius 1 is 0.540 bits per heavy atom. The van der Waals surface area contributed by atoms with Crippen LogP contribution in [0.4, 0.5) is 4.39 Å². The van der Waals surface area contributed by atoms with Crippen molar-refractivity contribution < 1.29 is 38.2 Å². The molecule has 0 saturated carbocycles. The van der Waals surface area contributed by atoms with Crippen LogP contribution in [0, 0.1) is 5.82 Å². The molecule has 4 atom stereocenters. The van der Waals surface area contributed by atoms with Crippen molar-refractivity contribution in [2.45, 2.75) is 56.3 Å². The van der Waals surface area contributed by atoms with E-state index in [-0.39, 0.29) is 31.5 Å². The molecule has 4 amide bonds. The van der Waals surface area contributed by atoms with E-state index in [9.17, 15) is 33.5 Å². The number of carbonyl (C=O) groups excluding carboxylic acids is 4. The Morgan fingerprint density at radius 3 is 1.57 bits per heavy atom. The molecular formula is C51H47FN4O7. The van der Waals surface area contributed by atoms with Crippen LogP contribution in [0.25, 0.3) is 22.3 Å². The highest BCUT2D eigenvalue weighted by molar-refractivity contribution is 5.95. The van der Waals surface area contributed by atoms with E-state index < -0.39 is 60.4 Å². The average molecular weight is 847 g/mol. The second-order valence-electron chi connectivity index (χ2n) is 15.5. The van der Waals surface area contributed by atoms with E-state index >= 15 is 0 Å². The lowest BCUT2D eigenvalue weighted by Gasteiger charge is -2.26. The average Bonchev–Trinajstić information content (AvgIpc) is 3.30. The fraction of sp³-hybridized carbons (Fsp3) is 0.196. The van der Waals surface area contributed by atoms with E-state index in [1.54, 1.807) is 36.4 Å². The predicted octanol–water partition coefficient (Wildman–Crippen LogP) is 6.24. The number of amides is 4. The van der Waals surface area contributed by atoms with E-state index in [0.717, 1.165) is 27.8 Å². The number of aliphatic carboxylic acids is 1. The number of carbonyl (C=O) groups is 5. The number of halogens is 1. The summed E-state index contributed by atoms with van der Waals surface area (Å²) in [6.07, 6.45) is 0.491. The number of benzene rings is 6. The minimum atomic E-state index is -1.34. The third-order valence-corrected chi connectivity index (χ3v) is 10.9. The Kier molecular flexibility index (Phi) is 14.3. The van der Waals surface area contributed by atoms with Gasteiger partial charge in [0, 0.05) is 19.3 Å². The van der Waals surface area contributed by atoms with Crippen LogP contribution in [0.5, 0.6) is 5.75 Å². The quantitative estimate of drug-likeness (QED) is 0.102. The van der Waals surface area contributed by atoms with Gasteiger partial charge in [-0.3, -0.25) is 19.2 Å². The van der Waals surface area contributed by atoms with Crippen molar-refractivity contribution in [1.82, 2.24) is 21.3 Å². The first-order chi connectivity index (χ1) is 30.6. The first-order valence-corrected chi connectivity index (χ1v) is 20.7. The van der Waals surface area contributed by atoms with Crippen molar-refractivity contribution in [1.29, 1.82) is 0 Å². The van der Waals surface area contributed by atoms with Crippen LogP contribution in [0.2, 0.25) is 0 Å². The minimum Gasteiger partial charge on any atom is -0.484 e. The van der Waals surface area contributed by atoms with Crippen LogP contribution in [-0.4, -0.2) is 65.5 Å². The van der Waals surface area contributed by atoms with Gasteiger partial charge in [-0.25, -0.2) is 9.18 Å². The van der Waals surface area contributed by atoms with Gasteiger partial charge in [0.05, 0.1) is 0 Å². The first-order valence-electron chi connectivity index (χ1n) is 20.7. The number of hydrogen-bond donors (Lipinski definition) is 5. The van der Waals surface area contributed by atoms with Gasteiger partial charge in [0.1, 0.15) is 35.7 Å². The Hall–Kier alpha value is -7.60. The SMILES string of the molecule is O=C1COc2ccc(cc2)C[C@@H](C(=O)O)NC(=O)[C@H](CCc2ccccc2)NC(=O)[C@@H](Cc2ccc(-c3ccccc3)cc2)NC(=O)[C@H](Cc2ccc(-c3ccc(F)cc3)cc2)N1. The monoisotopic (exact) mass is 846 g/mol. The highest BCUT2D eigenvalue weighted by Crippen LogP contribution is 2.23. The van der Waals surface area contributed by atoms with E-state index in [4.69, 9.17) is 4.74 Å². The summed E-state index contributed by atoms with van der Waals surface area (Å²) in [6, 6.07) is 41.6. The summed E-state index contributed by atoms with van der Waals surface area (Å²) in [5.74, 6) is -3.93. The molecule has 6 aromatic carbocycles. The Bertz CT molecular complexity index is 2500. The topological polar surface area (TPSA) is 163 Å². The Morgan fingerprint density at radius 2 is 1.02 bits per heavy atom. The smallest absolute Gasteiger partial charge is 0.326 e. The van der Waals surface area contributed by atoms with Crippen molar-refractivity contribution >= 4 is 29.6 Å². The van der Waals surface area contributed by atoms with Gasteiger partial charge < -0.3 is 31.1 Å². The third kappa shape index (κ3) is 12.3. The van der Waals surface area contributed by atoms with Crippen molar-refractivity contribution in [3.8, 4) is 28.0 Å². The number of ether oxygens (including phenoxy) is 1. The van der Waals surface area contributed by atoms with Gasteiger partial charge in [-0.1, -0.05) is 133 Å². The van der Waals surface area contributed by atoms with Crippen LogP contribution >= 0.6 is 0 Å². The van der Waals surface area contributed by atoms with Gasteiger partial charge in [-0.05, 0) is 81.6 Å². The van der Waals surface area contributed by atoms with Gasteiger partial charge in [0.2, 0.25) is 17.7 Å². The molecule has 2 bridgehead atoms. The second-order valence-corrected chi connectivity index (χ2v) is 15.5. The zero-order chi connectivity index (χ0) is 44.1. The highest BCUT2D eigenvalue weighted by Gasteiger charge is 2.32. The zero-order valence-corrected chi connectivity index (χ0v) is 34.3. The molecular weight excluding hydrogens is 800 g/mol. The lowest BCUT2D eigenvalue weighted by molar-refractivity contribution is -0.142. The fourth-order valence-electron chi connectivity index (χ4n) is 7.41. The molecule has 0 radical (unpaired) electrons. The minimum absolute atomic E-state index is 0.0154. The zero-order valence-electron chi connectivity index (χ0n) is 34.3. The maximum atomic E-state index is 14.5. The van der Waals surface area contributed by atoms with E-state index in [1.807, 2.05) is 109 Å². The number of fused-ring (bicyclic) bond motifs is 16. The number of nitrogens with one attached hydrogen (secondary N) is 4. The largest absolute Gasteiger partial charge is 0.484 e. The molecule has 0 spiro atoms. The number of hydrogen-bond acceptors (Lipinski definition) is 6. The first kappa shape index (κ1) is 43.5. The van der Waals surface area contributed by atoms with Crippen LogP contribution in [0.15, 0.2) is 158 Å². The molecule has 0 aromatic heterocycles. The van der Waals surface area contributed by atoms with E-state index in [1.165, 1.54) is 12.1 Å². The number of carboxylic acid groups (broad SMARTS) is 1. The van der Waals surface area contributed by atoms with Crippen molar-refractivity contribution in [3.63, 3.8) is 0 Å². The maximum Gasteiger partial charge on any atom is 0.326 e. The molecule has 6 aromatic rings. The van der Waals surface area contributed by atoms with Gasteiger partial charge in [-0.2, -0.15) is 0 Å². The predicted molar refractivity (Wildman–Crippen MR) is 237 cm³/mol. The molecule has 11 nitrogen and oxygen atoms in total. The van der Waals surface area contributed by atoms with Crippen LogP contribution in [0.3, 0.4) is 0 Å². The van der Waals surface area contributed by atoms with Crippen LogP contribution in [0.1, 0.15) is 28.7 Å². The van der Waals surface area contributed by atoms with Gasteiger partial charge >= 0.3 is 5.97 Å². The van der Waals surface area contributed by atoms with Crippen LogP contribution < -0.4 is 26.0 Å². The summed E-state index contributed by atoms with van der Waals surface area (Å²) in [5, 5.41) is 21.3. The van der Waals surface area contributed by atoms with Crippen molar-refractivity contribution in [2.24, 2.45) is 0 Å². The van der Waals surface area contributed by atoms with Gasteiger partial charge in [0.15, 0.2) is 6.61 Å². The third-order valence-electron chi connectivity index (χ3n) is 10.9. The van der Waals surface area contributed by atoms with E-state index in [0.29, 0.717) is 28.9 Å². The van der Waals surface area contributed by atoms with Gasteiger partial charge in [0.25, 0.3) is 5.91 Å². The fourth-order valence-corrected chi connectivity index (χ4v) is 7.41. The summed E-state index contributed by atoms with van der Waals surface area (Å²) in [4.78, 5) is 69.0. The number of carboxylic acids is 1. The van der Waals surface area contributed by atoms with Crippen molar-refractivity contribution in [3.05, 3.63) is 186 Å². The molecule has 320 valence electrons. The molecule has 2 aliphatic rings. The molecule has 12 heteroatoms. The Labute approximate surface area is 364 Å². The lowest BCUT2D eigenvalue weighted by Crippen LogP contribution is -2.59. The van der Waals surface area contributed by atoms with E-state index in [2.05, 4.69) is 21.3 Å². The second kappa shape index (κ2) is 20.8. The standard InChI is InChI=1S/C51H47FN4O7/c52-41-24-22-40(23-25-41)39-20-13-34(14-21-39)29-44-49(59)55-45(30-35-11-18-38(19-12-35)37-9-5-2-6-10-37)50(60)54-43(28-17-33-7-3-1-4-8-33)48(58)56-46(51(61)62)31-36-15-26-42(27-16-36)63-32-47(57)53-44/h1-16,18-27,43-46H,17,28-32H2,(H,53,57)(H,54,60)(H,55,59)(H,56,58)(H,61,62)/t43-,44-,45+,46-/m0/s1. The summed E-state index contributed by atoms with van der Waals surface area (Å²) < 4.78 is 19.4. The highest BCUT2D eigenvalue weighted by atomic mass is 19.1. The molecule has 5 N–H and O–H groups in total. The van der Waals surface area contributed by atoms with Gasteiger partial charge in [-0.15, -0.1) is 0 Å². The molecule has 0 saturated heterocycles. The maximum absolute atomic E-state index is 14.5. The molecule has 2 aliphatic heterocycles. The summed E-state index contributed by atoms with van der Waals surface area (Å²) >= 11 is 0. The summed E-state index contributed by atoms with van der Waals surface area (Å²) in [7, 11) is 0. The molecule has 2 heterocycles. The number of rotatable bonds is 10. The molecule has 0 aliphatic carbocycles. The number of aryl methyl sites for hydroxylation is 1. The molecule has 63 heavy (non-hydrogen) atoms. The summed E-state index contributed by atoms with van der Waals surface area (Å²) in [5.41, 5.74) is 6.46. The normalized spacial score (nSPS) is 18.6. The summed E-state index contributed by atoms with van der Waals surface area (Å²) in [6.45, 7) is -0.443. The Balaban J connectivity index is 1.21.